The third-order valence-corrected chi connectivity index (χ3v) is 3.96. The van der Waals surface area contributed by atoms with Gasteiger partial charge < -0.3 is 15.2 Å². The third-order valence-electron chi connectivity index (χ3n) is 3.96. The van der Waals surface area contributed by atoms with Crippen molar-refractivity contribution in [2.75, 3.05) is 0 Å². The fourth-order valence-corrected chi connectivity index (χ4v) is 2.98. The minimum atomic E-state index is -2.98. The molecule has 0 saturated heterocycles. The van der Waals surface area contributed by atoms with Gasteiger partial charge in [0.2, 0.25) is 11.8 Å². The Labute approximate surface area is 142 Å². The van der Waals surface area contributed by atoms with Crippen LogP contribution in [0.15, 0.2) is 35.7 Å². The molecule has 2 heterocycles. The third kappa shape index (κ3) is 3.01. The van der Waals surface area contributed by atoms with Crippen LogP contribution in [0.4, 0.5) is 8.78 Å². The van der Waals surface area contributed by atoms with Crippen LogP contribution >= 0.6 is 0 Å². The molecule has 1 aliphatic heterocycles. The zero-order valence-electron chi connectivity index (χ0n) is 13.4. The molecule has 25 heavy (non-hydrogen) atoms. The molecular formula is C17H16F2N4O2. The van der Waals surface area contributed by atoms with E-state index in [1.165, 1.54) is 6.07 Å². The van der Waals surface area contributed by atoms with Gasteiger partial charge in [-0.3, -0.25) is 5.10 Å². The van der Waals surface area contributed by atoms with Crippen molar-refractivity contribution in [3.05, 3.63) is 52.5 Å². The van der Waals surface area contributed by atoms with Crippen LogP contribution < -0.4 is 15.2 Å². The second-order valence-electron chi connectivity index (χ2n) is 5.51. The van der Waals surface area contributed by atoms with Crippen molar-refractivity contribution >= 4 is 0 Å². The molecule has 3 rings (SSSR count). The number of nitriles is 1. The molecule has 1 aliphatic rings. The Hall–Kier alpha value is -3.08. The van der Waals surface area contributed by atoms with Gasteiger partial charge in [-0.05, 0) is 12.5 Å². The number of hydrogen-bond donors (Lipinski definition) is 2. The largest absolute Gasteiger partial charge is 0.435 e. The van der Waals surface area contributed by atoms with Gasteiger partial charge in [-0.25, -0.2) is 0 Å². The van der Waals surface area contributed by atoms with Crippen molar-refractivity contribution in [2.24, 2.45) is 5.73 Å². The maximum atomic E-state index is 12.8. The number of fused-ring (bicyclic) bond motifs is 1. The van der Waals surface area contributed by atoms with Crippen LogP contribution in [0.25, 0.3) is 0 Å². The number of allylic oxidation sites excluding steroid dienone is 1. The van der Waals surface area contributed by atoms with E-state index in [9.17, 15) is 14.0 Å². The van der Waals surface area contributed by atoms with Crippen molar-refractivity contribution < 1.29 is 18.3 Å². The smallest absolute Gasteiger partial charge is 0.387 e. The molecule has 8 heteroatoms. The van der Waals surface area contributed by atoms with E-state index in [0.29, 0.717) is 17.5 Å². The monoisotopic (exact) mass is 346 g/mol. The Balaban J connectivity index is 2.21. The van der Waals surface area contributed by atoms with Crippen molar-refractivity contribution in [1.29, 1.82) is 5.26 Å². The second kappa shape index (κ2) is 6.81. The first-order chi connectivity index (χ1) is 12.1. The Morgan fingerprint density at radius 1 is 1.44 bits per heavy atom. The summed E-state index contributed by atoms with van der Waals surface area (Å²) in [5.41, 5.74) is 7.80. The molecule has 1 aromatic heterocycles. The van der Waals surface area contributed by atoms with Gasteiger partial charge in [0.15, 0.2) is 0 Å². The van der Waals surface area contributed by atoms with E-state index in [-0.39, 0.29) is 23.1 Å². The van der Waals surface area contributed by atoms with Gasteiger partial charge in [-0.2, -0.15) is 14.0 Å². The molecule has 130 valence electrons. The van der Waals surface area contributed by atoms with Gasteiger partial charge in [0.25, 0.3) is 0 Å². The van der Waals surface area contributed by atoms with Crippen LogP contribution in [-0.2, 0) is 6.42 Å². The van der Waals surface area contributed by atoms with Gasteiger partial charge >= 0.3 is 6.61 Å². The predicted octanol–water partition coefficient (Wildman–Crippen LogP) is 3.18. The predicted molar refractivity (Wildman–Crippen MR) is 85.0 cm³/mol. The summed E-state index contributed by atoms with van der Waals surface area (Å²) in [6, 6.07) is 8.36. The van der Waals surface area contributed by atoms with Gasteiger partial charge in [-0.15, -0.1) is 5.10 Å². The van der Waals surface area contributed by atoms with Crippen molar-refractivity contribution in [3.63, 3.8) is 0 Å². The fourth-order valence-electron chi connectivity index (χ4n) is 2.98. The zero-order valence-corrected chi connectivity index (χ0v) is 13.4. The van der Waals surface area contributed by atoms with E-state index in [1.807, 2.05) is 13.0 Å². The highest BCUT2D eigenvalue weighted by Gasteiger charge is 2.36. The lowest BCUT2D eigenvalue weighted by Crippen LogP contribution is -2.22. The van der Waals surface area contributed by atoms with Gasteiger partial charge in [-0.1, -0.05) is 31.5 Å². The van der Waals surface area contributed by atoms with Crippen LogP contribution in [0.1, 0.15) is 36.1 Å². The van der Waals surface area contributed by atoms with Gasteiger partial charge in [0, 0.05) is 11.3 Å². The topological polar surface area (TPSA) is 97.0 Å². The molecule has 0 saturated carbocycles. The minimum absolute atomic E-state index is 0.0143. The highest BCUT2D eigenvalue weighted by Crippen LogP contribution is 2.45. The van der Waals surface area contributed by atoms with E-state index in [4.69, 9.17) is 10.5 Å². The van der Waals surface area contributed by atoms with Crippen LogP contribution in [0.2, 0.25) is 0 Å². The number of alkyl halides is 2. The van der Waals surface area contributed by atoms with Crippen molar-refractivity contribution in [3.8, 4) is 17.7 Å². The minimum Gasteiger partial charge on any atom is -0.435 e. The lowest BCUT2D eigenvalue weighted by molar-refractivity contribution is -0.0504. The van der Waals surface area contributed by atoms with Crippen LogP contribution in [0.5, 0.6) is 11.6 Å². The molecule has 1 aromatic carbocycles. The molecule has 0 spiro atoms. The van der Waals surface area contributed by atoms with Crippen LogP contribution in [0.3, 0.4) is 0 Å². The number of aryl methyl sites for hydroxylation is 1. The Morgan fingerprint density at radius 3 is 2.88 bits per heavy atom. The highest BCUT2D eigenvalue weighted by atomic mass is 19.3. The summed E-state index contributed by atoms with van der Waals surface area (Å²) in [7, 11) is 0. The van der Waals surface area contributed by atoms with Gasteiger partial charge in [0.1, 0.15) is 17.4 Å². The number of aromatic amines is 1. The van der Waals surface area contributed by atoms with Crippen molar-refractivity contribution in [2.45, 2.75) is 32.3 Å². The number of hydrogen-bond acceptors (Lipinski definition) is 5. The number of H-pyrrole nitrogens is 1. The first-order valence-electron chi connectivity index (χ1n) is 7.75. The first-order valence-corrected chi connectivity index (χ1v) is 7.75. The highest BCUT2D eigenvalue weighted by molar-refractivity contribution is 5.58. The molecule has 0 aliphatic carbocycles. The quantitative estimate of drug-likeness (QED) is 0.867. The van der Waals surface area contributed by atoms with E-state index in [1.54, 1.807) is 18.2 Å². The fraction of sp³-hybridized carbons (Fsp3) is 0.294. The van der Waals surface area contributed by atoms with Crippen molar-refractivity contribution in [1.82, 2.24) is 10.2 Å². The second-order valence-corrected chi connectivity index (χ2v) is 5.51. The summed E-state index contributed by atoms with van der Waals surface area (Å²) in [6.45, 7) is -0.985. The van der Waals surface area contributed by atoms with E-state index >= 15 is 0 Å². The average Bonchev–Trinajstić information content (AvgIpc) is 2.96. The number of nitrogens with two attached hydrogens (primary N) is 1. The first kappa shape index (κ1) is 16.8. The maximum absolute atomic E-state index is 12.8. The molecule has 1 atom stereocenters. The number of nitrogens with zero attached hydrogens (tertiary/aromatic N) is 2. The normalized spacial score (nSPS) is 16.4. The molecule has 2 aromatic rings. The number of rotatable bonds is 5. The van der Waals surface area contributed by atoms with E-state index in [2.05, 4.69) is 14.9 Å². The Kier molecular flexibility index (Phi) is 4.57. The zero-order chi connectivity index (χ0) is 18.0. The number of para-hydroxylation sites is 1. The molecule has 0 amide bonds. The molecule has 0 radical (unpaired) electrons. The molecular weight excluding hydrogens is 330 g/mol. The molecule has 1 unspecified atom stereocenters. The van der Waals surface area contributed by atoms with Crippen LogP contribution in [0, 0.1) is 11.3 Å². The van der Waals surface area contributed by atoms with E-state index < -0.39 is 12.5 Å². The Morgan fingerprint density at radius 2 is 2.20 bits per heavy atom. The SMILES string of the molecule is CCCc1[nH]nc2c1C(c1ccccc1OC(F)F)C(C#N)=C(N)O2. The average molecular weight is 346 g/mol. The summed E-state index contributed by atoms with van der Waals surface area (Å²) in [5.74, 6) is -0.554. The summed E-state index contributed by atoms with van der Waals surface area (Å²) >= 11 is 0. The number of nitrogens with one attached hydrogen (secondary N) is 1. The number of ether oxygens (including phenoxy) is 2. The van der Waals surface area contributed by atoms with E-state index in [0.717, 1.165) is 12.1 Å². The number of benzene rings is 1. The molecule has 0 bridgehead atoms. The molecule has 6 nitrogen and oxygen atoms in total. The maximum Gasteiger partial charge on any atom is 0.387 e. The summed E-state index contributed by atoms with van der Waals surface area (Å²) < 4.78 is 35.7. The summed E-state index contributed by atoms with van der Waals surface area (Å²) in [6.07, 6.45) is 1.50. The lowest BCUT2D eigenvalue weighted by Gasteiger charge is -2.25. The lowest BCUT2D eigenvalue weighted by atomic mass is 9.83. The summed E-state index contributed by atoms with van der Waals surface area (Å²) in [5, 5.41) is 16.6. The van der Waals surface area contributed by atoms with Gasteiger partial charge in [0.05, 0.1) is 11.5 Å². The standard InChI is InChI=1S/C17H16F2N4O2/c1-2-5-11-14-13(9-6-3-4-7-12(9)24-17(18)19)10(8-20)15(21)25-16(14)23-22-11/h3-4,6-7,13,17H,2,5,21H2,1H3,(H,22,23). The van der Waals surface area contributed by atoms with Crippen LogP contribution in [-0.4, -0.2) is 16.8 Å². The summed E-state index contributed by atoms with van der Waals surface area (Å²) in [4.78, 5) is 0. The molecule has 0 fully saturated rings. The number of halogens is 2. The Bertz CT molecular complexity index is 855. The molecule has 3 N–H and O–H groups in total. The number of aromatic nitrogens is 2.